The summed E-state index contributed by atoms with van der Waals surface area (Å²) in [6.45, 7) is 2.28. The van der Waals surface area contributed by atoms with Gasteiger partial charge >= 0.3 is 5.97 Å². The fraction of sp³-hybridized carbons (Fsp3) is 0.929. The Bertz CT molecular complexity index is 307. The highest BCUT2D eigenvalue weighted by atomic mass is 16.5. The van der Waals surface area contributed by atoms with Gasteiger partial charge in [-0.15, -0.1) is 0 Å². The van der Waals surface area contributed by atoms with E-state index in [2.05, 4.69) is 12.2 Å². The van der Waals surface area contributed by atoms with Crippen LogP contribution >= 0.6 is 0 Å². The van der Waals surface area contributed by atoms with Crippen LogP contribution < -0.4 is 5.32 Å². The van der Waals surface area contributed by atoms with Crippen molar-refractivity contribution in [2.45, 2.75) is 69.6 Å². The summed E-state index contributed by atoms with van der Waals surface area (Å²) in [5.74, 6) is 0.00629. The molecule has 2 N–H and O–H groups in total. The smallest absolute Gasteiger partial charge is 0.323 e. The number of hydrogen-bond donors (Lipinski definition) is 2. The van der Waals surface area contributed by atoms with Crippen molar-refractivity contribution in [1.29, 1.82) is 0 Å². The van der Waals surface area contributed by atoms with Crippen LogP contribution in [0.3, 0.4) is 0 Å². The quantitative estimate of drug-likeness (QED) is 0.808. The van der Waals surface area contributed by atoms with E-state index in [-0.39, 0.29) is 6.10 Å². The van der Waals surface area contributed by atoms with Gasteiger partial charge in [0.25, 0.3) is 0 Å². The third-order valence-electron chi connectivity index (χ3n) is 4.63. The van der Waals surface area contributed by atoms with Crippen LogP contribution in [0.4, 0.5) is 0 Å². The Morgan fingerprint density at radius 3 is 2.67 bits per heavy atom. The van der Waals surface area contributed by atoms with Gasteiger partial charge in [0.05, 0.1) is 12.2 Å². The molecule has 18 heavy (non-hydrogen) atoms. The molecule has 2 aliphatic carbocycles. The van der Waals surface area contributed by atoms with E-state index in [4.69, 9.17) is 4.74 Å². The first-order chi connectivity index (χ1) is 8.55. The zero-order valence-electron chi connectivity index (χ0n) is 11.4. The van der Waals surface area contributed by atoms with Crippen LogP contribution in [-0.2, 0) is 9.53 Å². The van der Waals surface area contributed by atoms with Crippen LogP contribution in [0.1, 0.15) is 51.9 Å². The molecule has 0 spiro atoms. The van der Waals surface area contributed by atoms with Crippen molar-refractivity contribution in [2.75, 3.05) is 7.05 Å². The van der Waals surface area contributed by atoms with Gasteiger partial charge in [-0.25, -0.2) is 0 Å². The van der Waals surface area contributed by atoms with Gasteiger partial charge in [0.15, 0.2) is 0 Å². The van der Waals surface area contributed by atoms with Crippen molar-refractivity contribution < 1.29 is 14.6 Å². The highest BCUT2D eigenvalue weighted by molar-refractivity contribution is 5.79. The molecule has 0 aromatic carbocycles. The molecular weight excluding hydrogens is 230 g/mol. The Hall–Kier alpha value is -0.610. The van der Waals surface area contributed by atoms with Crippen molar-refractivity contribution in [2.24, 2.45) is 5.92 Å². The van der Waals surface area contributed by atoms with Gasteiger partial charge in [-0.05, 0) is 38.6 Å². The van der Waals surface area contributed by atoms with Crippen molar-refractivity contribution in [1.82, 2.24) is 5.32 Å². The lowest BCUT2D eigenvalue weighted by molar-refractivity contribution is -0.145. The van der Waals surface area contributed by atoms with Crippen molar-refractivity contribution >= 4 is 5.97 Å². The highest BCUT2D eigenvalue weighted by Crippen LogP contribution is 2.35. The SMILES string of the molecule is CNC1(C(=O)O)CCC(OC2CCCC(C)C2)C1. The van der Waals surface area contributed by atoms with Gasteiger partial charge in [0, 0.05) is 6.42 Å². The monoisotopic (exact) mass is 255 g/mol. The molecule has 0 aliphatic heterocycles. The summed E-state index contributed by atoms with van der Waals surface area (Å²) in [4.78, 5) is 11.3. The number of ether oxygens (including phenoxy) is 1. The fourth-order valence-corrected chi connectivity index (χ4v) is 3.42. The first-order valence-corrected chi connectivity index (χ1v) is 7.13. The van der Waals surface area contributed by atoms with E-state index in [1.807, 2.05) is 0 Å². The van der Waals surface area contributed by atoms with E-state index >= 15 is 0 Å². The molecule has 104 valence electrons. The number of hydrogen-bond acceptors (Lipinski definition) is 3. The van der Waals surface area contributed by atoms with E-state index < -0.39 is 11.5 Å². The minimum atomic E-state index is -0.759. The molecular formula is C14H25NO3. The summed E-state index contributed by atoms with van der Waals surface area (Å²) in [6, 6.07) is 0. The average molecular weight is 255 g/mol. The summed E-state index contributed by atoms with van der Waals surface area (Å²) >= 11 is 0. The van der Waals surface area contributed by atoms with E-state index in [1.165, 1.54) is 12.8 Å². The second-order valence-corrected chi connectivity index (χ2v) is 6.03. The molecule has 4 nitrogen and oxygen atoms in total. The van der Waals surface area contributed by atoms with Crippen LogP contribution in [0.5, 0.6) is 0 Å². The van der Waals surface area contributed by atoms with Crippen LogP contribution in [-0.4, -0.2) is 35.9 Å². The largest absolute Gasteiger partial charge is 0.480 e. The lowest BCUT2D eigenvalue weighted by Gasteiger charge is -2.30. The molecule has 2 fully saturated rings. The third kappa shape index (κ3) is 2.86. The summed E-state index contributed by atoms with van der Waals surface area (Å²) in [5, 5.41) is 12.3. The second-order valence-electron chi connectivity index (χ2n) is 6.03. The minimum absolute atomic E-state index is 0.115. The third-order valence-corrected chi connectivity index (χ3v) is 4.63. The molecule has 2 saturated carbocycles. The first-order valence-electron chi connectivity index (χ1n) is 7.13. The van der Waals surface area contributed by atoms with Crippen molar-refractivity contribution in [3.05, 3.63) is 0 Å². The van der Waals surface area contributed by atoms with E-state index in [0.29, 0.717) is 18.9 Å². The number of carboxylic acid groups (broad SMARTS) is 1. The summed E-state index contributed by atoms with van der Waals surface area (Å²) in [6.07, 6.45) is 7.42. The predicted molar refractivity (Wildman–Crippen MR) is 69.6 cm³/mol. The number of likely N-dealkylation sites (N-methyl/N-ethyl adjacent to an activating group) is 1. The van der Waals surface area contributed by atoms with Crippen LogP contribution in [0.2, 0.25) is 0 Å². The molecule has 0 amide bonds. The number of carboxylic acids is 1. The Morgan fingerprint density at radius 1 is 1.33 bits per heavy atom. The fourth-order valence-electron chi connectivity index (χ4n) is 3.42. The summed E-state index contributed by atoms with van der Waals surface area (Å²) < 4.78 is 6.13. The van der Waals surface area contributed by atoms with Crippen LogP contribution in [0.25, 0.3) is 0 Å². The number of nitrogens with one attached hydrogen (secondary N) is 1. The highest BCUT2D eigenvalue weighted by Gasteiger charge is 2.45. The maximum Gasteiger partial charge on any atom is 0.323 e. The Kier molecular flexibility index (Phi) is 4.28. The maximum atomic E-state index is 11.3. The summed E-state index contributed by atoms with van der Waals surface area (Å²) in [5.41, 5.74) is -0.759. The second kappa shape index (κ2) is 5.57. The van der Waals surface area contributed by atoms with Crippen molar-refractivity contribution in [3.8, 4) is 0 Å². The Morgan fingerprint density at radius 2 is 2.11 bits per heavy atom. The van der Waals surface area contributed by atoms with Gasteiger partial charge in [-0.3, -0.25) is 4.79 Å². The Balaban J connectivity index is 1.87. The first kappa shape index (κ1) is 13.8. The molecule has 4 heteroatoms. The van der Waals surface area contributed by atoms with Gasteiger partial charge in [0.1, 0.15) is 5.54 Å². The van der Waals surface area contributed by atoms with Crippen molar-refractivity contribution in [3.63, 3.8) is 0 Å². The molecule has 2 aliphatic rings. The number of rotatable bonds is 4. The maximum absolute atomic E-state index is 11.3. The summed E-state index contributed by atoms with van der Waals surface area (Å²) in [7, 11) is 1.74. The molecule has 4 unspecified atom stereocenters. The zero-order valence-corrected chi connectivity index (χ0v) is 11.4. The van der Waals surface area contributed by atoms with Gasteiger partial charge in [-0.1, -0.05) is 19.8 Å². The van der Waals surface area contributed by atoms with E-state index in [9.17, 15) is 9.90 Å². The van der Waals surface area contributed by atoms with Crippen LogP contribution in [0.15, 0.2) is 0 Å². The molecule has 0 heterocycles. The average Bonchev–Trinajstić information content (AvgIpc) is 2.74. The van der Waals surface area contributed by atoms with Crippen LogP contribution in [0, 0.1) is 5.92 Å². The number of aliphatic carboxylic acids is 1. The number of carbonyl (C=O) groups is 1. The normalized spacial score (nSPS) is 40.9. The lowest BCUT2D eigenvalue weighted by atomic mass is 9.88. The topological polar surface area (TPSA) is 58.6 Å². The minimum Gasteiger partial charge on any atom is -0.480 e. The molecule has 0 radical (unpaired) electrons. The Labute approximate surface area is 109 Å². The molecule has 2 rings (SSSR count). The molecule has 4 atom stereocenters. The molecule has 0 aromatic heterocycles. The molecule has 0 bridgehead atoms. The predicted octanol–water partition coefficient (Wildman–Crippen LogP) is 2.18. The lowest BCUT2D eigenvalue weighted by Crippen LogP contribution is -2.48. The zero-order chi connectivity index (χ0) is 13.2. The molecule has 0 aromatic rings. The standard InChI is InChI=1S/C14H25NO3/c1-10-4-3-5-11(8-10)18-12-6-7-14(9-12,15-2)13(16)17/h10-12,15H,3-9H2,1-2H3,(H,16,17). The van der Waals surface area contributed by atoms with E-state index in [1.54, 1.807) is 7.05 Å². The van der Waals surface area contributed by atoms with Gasteiger partial charge in [-0.2, -0.15) is 0 Å². The molecule has 0 saturated heterocycles. The van der Waals surface area contributed by atoms with Gasteiger partial charge in [0.2, 0.25) is 0 Å². The van der Waals surface area contributed by atoms with Gasteiger partial charge < -0.3 is 15.2 Å². The van der Waals surface area contributed by atoms with E-state index in [0.717, 1.165) is 25.2 Å².